The van der Waals surface area contributed by atoms with Gasteiger partial charge >= 0.3 is 5.97 Å². The molecule has 1 aromatic heterocycles. The van der Waals surface area contributed by atoms with Crippen molar-refractivity contribution >= 4 is 23.5 Å². The van der Waals surface area contributed by atoms with E-state index in [1.807, 2.05) is 6.92 Å². The highest BCUT2D eigenvalue weighted by atomic mass is 35.5. The number of likely N-dealkylation sites (tertiary alicyclic amines) is 1. The van der Waals surface area contributed by atoms with E-state index in [4.69, 9.17) is 11.6 Å². The van der Waals surface area contributed by atoms with E-state index in [0.29, 0.717) is 31.4 Å². The predicted molar refractivity (Wildman–Crippen MR) is 79.4 cm³/mol. The zero-order chi connectivity index (χ0) is 15.5. The molecule has 2 heterocycles. The maximum absolute atomic E-state index is 12.5. The van der Waals surface area contributed by atoms with E-state index in [1.165, 1.54) is 12.3 Å². The zero-order valence-corrected chi connectivity index (χ0v) is 12.8. The number of hydrogen-bond acceptors (Lipinski definition) is 3. The highest BCUT2D eigenvalue weighted by Crippen LogP contribution is 2.35. The molecule has 5 nitrogen and oxygen atoms in total. The van der Waals surface area contributed by atoms with Crippen LogP contribution in [0.3, 0.4) is 0 Å². The van der Waals surface area contributed by atoms with Crippen LogP contribution in [0.25, 0.3) is 0 Å². The van der Waals surface area contributed by atoms with Gasteiger partial charge in [-0.3, -0.25) is 9.59 Å². The number of carbonyl (C=O) groups is 2. The van der Waals surface area contributed by atoms with Gasteiger partial charge in [0.05, 0.1) is 5.41 Å². The van der Waals surface area contributed by atoms with Crippen molar-refractivity contribution in [2.45, 2.75) is 32.6 Å². The van der Waals surface area contributed by atoms with Crippen molar-refractivity contribution in [2.24, 2.45) is 5.41 Å². The monoisotopic (exact) mass is 310 g/mol. The number of carbonyl (C=O) groups excluding carboxylic acids is 1. The van der Waals surface area contributed by atoms with Crippen molar-refractivity contribution in [1.29, 1.82) is 0 Å². The fraction of sp³-hybridized carbons (Fsp3) is 0.533. The third kappa shape index (κ3) is 3.35. The van der Waals surface area contributed by atoms with Gasteiger partial charge in [-0.2, -0.15) is 0 Å². The molecule has 1 saturated heterocycles. The lowest BCUT2D eigenvalue weighted by molar-refractivity contribution is -0.152. The molecule has 1 atom stereocenters. The number of aliphatic carboxylic acids is 1. The van der Waals surface area contributed by atoms with Crippen LogP contribution in [0.1, 0.15) is 43.0 Å². The predicted octanol–water partition coefficient (Wildman–Crippen LogP) is 2.84. The smallest absolute Gasteiger partial charge is 0.311 e. The Morgan fingerprint density at radius 2 is 2.29 bits per heavy atom. The number of carboxylic acids is 1. The molecule has 0 radical (unpaired) electrons. The normalized spacial score (nSPS) is 22.1. The summed E-state index contributed by atoms with van der Waals surface area (Å²) in [6.07, 6.45) is 4.18. The Morgan fingerprint density at radius 3 is 2.90 bits per heavy atom. The third-order valence-electron chi connectivity index (χ3n) is 4.02. The largest absolute Gasteiger partial charge is 0.481 e. The highest BCUT2D eigenvalue weighted by Gasteiger charge is 2.42. The molecule has 0 aliphatic carbocycles. The van der Waals surface area contributed by atoms with Crippen LogP contribution in [-0.2, 0) is 4.79 Å². The van der Waals surface area contributed by atoms with Gasteiger partial charge in [0.1, 0.15) is 5.15 Å². The molecule has 1 fully saturated rings. The molecule has 1 aliphatic rings. The molecule has 1 aliphatic heterocycles. The summed E-state index contributed by atoms with van der Waals surface area (Å²) < 4.78 is 0. The number of rotatable bonds is 4. The van der Waals surface area contributed by atoms with Crippen molar-refractivity contribution in [1.82, 2.24) is 9.88 Å². The summed E-state index contributed by atoms with van der Waals surface area (Å²) in [6.45, 7) is 2.81. The summed E-state index contributed by atoms with van der Waals surface area (Å²) in [5, 5.41) is 9.83. The molecule has 0 saturated carbocycles. The van der Waals surface area contributed by atoms with Crippen LogP contribution in [0.4, 0.5) is 0 Å². The first-order valence-electron chi connectivity index (χ1n) is 7.13. The van der Waals surface area contributed by atoms with E-state index < -0.39 is 11.4 Å². The van der Waals surface area contributed by atoms with Gasteiger partial charge < -0.3 is 10.0 Å². The van der Waals surface area contributed by atoms with E-state index in [2.05, 4.69) is 4.98 Å². The Hall–Kier alpha value is -1.62. The molecule has 2 rings (SSSR count). The van der Waals surface area contributed by atoms with Gasteiger partial charge in [-0.25, -0.2) is 4.98 Å². The molecule has 1 N–H and O–H groups in total. The number of pyridine rings is 1. The summed E-state index contributed by atoms with van der Waals surface area (Å²) in [4.78, 5) is 29.6. The molecular formula is C15H19ClN2O3. The van der Waals surface area contributed by atoms with Crippen LogP contribution >= 0.6 is 11.6 Å². The van der Waals surface area contributed by atoms with Gasteiger partial charge in [0.2, 0.25) is 0 Å². The number of halogens is 1. The summed E-state index contributed by atoms with van der Waals surface area (Å²) in [5.74, 6) is -0.990. The second-order valence-electron chi connectivity index (χ2n) is 5.53. The summed E-state index contributed by atoms with van der Waals surface area (Å²) >= 11 is 5.81. The van der Waals surface area contributed by atoms with Crippen LogP contribution in [0.5, 0.6) is 0 Å². The van der Waals surface area contributed by atoms with E-state index in [0.717, 1.165) is 6.42 Å². The van der Waals surface area contributed by atoms with Crippen LogP contribution < -0.4 is 0 Å². The van der Waals surface area contributed by atoms with Gasteiger partial charge in [-0.05, 0) is 31.4 Å². The second kappa shape index (κ2) is 6.43. The van der Waals surface area contributed by atoms with Gasteiger partial charge in [-0.1, -0.05) is 24.9 Å². The van der Waals surface area contributed by atoms with Crippen molar-refractivity contribution in [3.8, 4) is 0 Å². The number of carboxylic acid groups (broad SMARTS) is 1. The molecule has 0 bridgehead atoms. The third-order valence-corrected chi connectivity index (χ3v) is 4.23. The fourth-order valence-corrected chi connectivity index (χ4v) is 3.16. The molecule has 114 valence electrons. The minimum Gasteiger partial charge on any atom is -0.481 e. The Balaban J connectivity index is 2.20. The highest BCUT2D eigenvalue weighted by molar-refractivity contribution is 6.29. The van der Waals surface area contributed by atoms with Crippen molar-refractivity contribution in [2.75, 3.05) is 13.1 Å². The first-order valence-corrected chi connectivity index (χ1v) is 7.50. The topological polar surface area (TPSA) is 70.5 Å². The molecule has 0 spiro atoms. The quantitative estimate of drug-likeness (QED) is 0.868. The molecule has 0 aromatic carbocycles. The summed E-state index contributed by atoms with van der Waals surface area (Å²) in [5.41, 5.74) is -0.368. The average Bonchev–Trinajstić information content (AvgIpc) is 2.47. The first-order chi connectivity index (χ1) is 9.98. The van der Waals surface area contributed by atoms with Gasteiger partial charge in [0, 0.05) is 24.8 Å². The molecule has 1 unspecified atom stereocenters. The maximum Gasteiger partial charge on any atom is 0.311 e. The van der Waals surface area contributed by atoms with Gasteiger partial charge in [-0.15, -0.1) is 0 Å². The maximum atomic E-state index is 12.5. The van der Waals surface area contributed by atoms with Gasteiger partial charge in [0.15, 0.2) is 0 Å². The lowest BCUT2D eigenvalue weighted by Crippen LogP contribution is -2.49. The van der Waals surface area contributed by atoms with Crippen LogP contribution in [0, 0.1) is 5.41 Å². The van der Waals surface area contributed by atoms with Crippen LogP contribution in [0.2, 0.25) is 5.15 Å². The van der Waals surface area contributed by atoms with E-state index in [-0.39, 0.29) is 17.6 Å². The van der Waals surface area contributed by atoms with Crippen LogP contribution in [-0.4, -0.2) is 40.0 Å². The number of nitrogens with zero attached hydrogens (tertiary/aromatic N) is 2. The number of piperidine rings is 1. The lowest BCUT2D eigenvalue weighted by atomic mass is 9.76. The number of aromatic nitrogens is 1. The first kappa shape index (κ1) is 15.8. The number of hydrogen-bond donors (Lipinski definition) is 1. The molecule has 6 heteroatoms. The minimum absolute atomic E-state index is 0.180. The van der Waals surface area contributed by atoms with Crippen molar-refractivity contribution < 1.29 is 14.7 Å². The van der Waals surface area contributed by atoms with Crippen molar-refractivity contribution in [3.63, 3.8) is 0 Å². The SMILES string of the molecule is CCCC1(C(=O)O)CCCN(C(=O)c2ccnc(Cl)c2)C1. The number of amides is 1. The zero-order valence-electron chi connectivity index (χ0n) is 12.0. The Morgan fingerprint density at radius 1 is 1.52 bits per heavy atom. The summed E-state index contributed by atoms with van der Waals surface area (Å²) in [6, 6.07) is 3.12. The van der Waals surface area contributed by atoms with E-state index >= 15 is 0 Å². The Bertz CT molecular complexity index is 545. The molecule has 1 aromatic rings. The second-order valence-corrected chi connectivity index (χ2v) is 5.92. The van der Waals surface area contributed by atoms with Crippen molar-refractivity contribution in [3.05, 3.63) is 29.0 Å². The average molecular weight is 311 g/mol. The van der Waals surface area contributed by atoms with Crippen LogP contribution in [0.15, 0.2) is 18.3 Å². The van der Waals surface area contributed by atoms with E-state index in [1.54, 1.807) is 11.0 Å². The molecule has 1 amide bonds. The lowest BCUT2D eigenvalue weighted by Gasteiger charge is -2.40. The summed E-state index contributed by atoms with van der Waals surface area (Å²) in [7, 11) is 0. The Kier molecular flexibility index (Phi) is 4.83. The fourth-order valence-electron chi connectivity index (χ4n) is 2.99. The standard InChI is InChI=1S/C15H19ClN2O3/c1-2-5-15(14(20)21)6-3-8-18(10-15)13(19)11-4-7-17-12(16)9-11/h4,7,9H,2-3,5-6,8,10H2,1H3,(H,20,21). The Labute approximate surface area is 128 Å². The molecule has 21 heavy (non-hydrogen) atoms. The van der Waals surface area contributed by atoms with E-state index in [9.17, 15) is 14.7 Å². The minimum atomic E-state index is -0.820. The molecular weight excluding hydrogens is 292 g/mol. The van der Waals surface area contributed by atoms with Gasteiger partial charge in [0.25, 0.3) is 5.91 Å².